The number of hydrogen-bond donors (Lipinski definition) is 0. The van der Waals surface area contributed by atoms with E-state index in [4.69, 9.17) is 16.3 Å². The quantitative estimate of drug-likeness (QED) is 0.725. The second kappa shape index (κ2) is 4.62. The SMILES string of the molecule is Clc1cc(OCc2ccc3nccn3c2)cnn1. The Morgan fingerprint density at radius 2 is 2.28 bits per heavy atom. The second-order valence-corrected chi connectivity index (χ2v) is 4.12. The number of fused-ring (bicyclic) bond motifs is 1. The zero-order chi connectivity index (χ0) is 12.4. The Bertz CT molecular complexity index is 682. The van der Waals surface area contributed by atoms with E-state index in [0.29, 0.717) is 17.5 Å². The van der Waals surface area contributed by atoms with Gasteiger partial charge >= 0.3 is 0 Å². The van der Waals surface area contributed by atoms with Gasteiger partial charge < -0.3 is 9.14 Å². The van der Waals surface area contributed by atoms with Crippen molar-refractivity contribution in [2.24, 2.45) is 0 Å². The van der Waals surface area contributed by atoms with E-state index >= 15 is 0 Å². The Balaban J connectivity index is 1.76. The largest absolute Gasteiger partial charge is 0.487 e. The first-order chi connectivity index (χ1) is 8.81. The van der Waals surface area contributed by atoms with Gasteiger partial charge in [0.1, 0.15) is 18.0 Å². The summed E-state index contributed by atoms with van der Waals surface area (Å²) in [6.45, 7) is 0.441. The van der Waals surface area contributed by atoms with Crippen LogP contribution in [0.1, 0.15) is 5.56 Å². The third-order valence-electron chi connectivity index (χ3n) is 2.46. The number of ether oxygens (including phenoxy) is 1. The Morgan fingerprint density at radius 1 is 1.33 bits per heavy atom. The summed E-state index contributed by atoms with van der Waals surface area (Å²) in [5.74, 6) is 0.598. The van der Waals surface area contributed by atoms with Crippen LogP contribution >= 0.6 is 11.6 Å². The summed E-state index contributed by atoms with van der Waals surface area (Å²) >= 11 is 5.72. The molecule has 5 nitrogen and oxygen atoms in total. The van der Waals surface area contributed by atoms with Gasteiger partial charge in [0.25, 0.3) is 0 Å². The van der Waals surface area contributed by atoms with Crippen LogP contribution in [0.3, 0.4) is 0 Å². The molecule has 6 heteroatoms. The van der Waals surface area contributed by atoms with Crippen molar-refractivity contribution < 1.29 is 4.74 Å². The molecule has 0 atom stereocenters. The average molecular weight is 261 g/mol. The lowest BCUT2D eigenvalue weighted by atomic mass is 10.3. The number of halogens is 1. The zero-order valence-corrected chi connectivity index (χ0v) is 10.1. The van der Waals surface area contributed by atoms with Crippen molar-refractivity contribution in [3.05, 3.63) is 53.7 Å². The molecule has 0 radical (unpaired) electrons. The third kappa shape index (κ3) is 2.26. The number of imidazole rings is 1. The van der Waals surface area contributed by atoms with Gasteiger partial charge in [-0.15, -0.1) is 5.10 Å². The molecule has 18 heavy (non-hydrogen) atoms. The van der Waals surface area contributed by atoms with Crippen molar-refractivity contribution in [1.29, 1.82) is 0 Å². The molecule has 0 aliphatic heterocycles. The molecule has 0 aromatic carbocycles. The summed E-state index contributed by atoms with van der Waals surface area (Å²) in [4.78, 5) is 4.18. The molecule has 3 heterocycles. The van der Waals surface area contributed by atoms with E-state index in [2.05, 4.69) is 15.2 Å². The fourth-order valence-electron chi connectivity index (χ4n) is 1.62. The van der Waals surface area contributed by atoms with Crippen molar-refractivity contribution in [3.8, 4) is 5.75 Å². The van der Waals surface area contributed by atoms with Crippen LogP contribution in [0.15, 0.2) is 43.0 Å². The van der Waals surface area contributed by atoms with Crippen LogP contribution in [0.4, 0.5) is 0 Å². The summed E-state index contributed by atoms with van der Waals surface area (Å²) in [6, 6.07) is 5.54. The van der Waals surface area contributed by atoms with Gasteiger partial charge in [-0.2, -0.15) is 5.10 Å². The maximum absolute atomic E-state index is 5.72. The molecule has 0 spiro atoms. The first kappa shape index (κ1) is 11.0. The number of nitrogens with zero attached hydrogens (tertiary/aromatic N) is 4. The van der Waals surface area contributed by atoms with Gasteiger partial charge in [0.05, 0.1) is 6.20 Å². The molecular formula is C12H9ClN4O. The van der Waals surface area contributed by atoms with Crippen molar-refractivity contribution in [3.63, 3.8) is 0 Å². The Morgan fingerprint density at radius 3 is 3.17 bits per heavy atom. The van der Waals surface area contributed by atoms with E-state index in [-0.39, 0.29) is 0 Å². The highest BCUT2D eigenvalue weighted by Crippen LogP contribution is 2.15. The smallest absolute Gasteiger partial charge is 0.155 e. The first-order valence-electron chi connectivity index (χ1n) is 5.34. The molecule has 0 amide bonds. The molecule has 0 bridgehead atoms. The minimum atomic E-state index is 0.317. The summed E-state index contributed by atoms with van der Waals surface area (Å²) < 4.78 is 7.52. The predicted octanol–water partition coefficient (Wildman–Crippen LogP) is 2.36. The fraction of sp³-hybridized carbons (Fsp3) is 0.0833. The van der Waals surface area contributed by atoms with E-state index in [9.17, 15) is 0 Å². The summed E-state index contributed by atoms with van der Waals surface area (Å²) in [6.07, 6.45) is 7.15. The van der Waals surface area contributed by atoms with Crippen molar-refractivity contribution in [1.82, 2.24) is 19.6 Å². The third-order valence-corrected chi connectivity index (χ3v) is 2.64. The molecule has 0 aliphatic carbocycles. The lowest BCUT2D eigenvalue weighted by Crippen LogP contribution is -1.98. The predicted molar refractivity (Wildman–Crippen MR) is 66.6 cm³/mol. The maximum atomic E-state index is 5.72. The van der Waals surface area contributed by atoms with Gasteiger partial charge in [-0.25, -0.2) is 4.98 Å². The molecule has 0 unspecified atom stereocenters. The molecule has 90 valence electrons. The standard InChI is InChI=1S/C12H9ClN4O/c13-11-5-10(6-15-16-11)18-8-9-1-2-12-14-3-4-17(12)7-9/h1-7H,8H2. The van der Waals surface area contributed by atoms with Gasteiger partial charge in [0.2, 0.25) is 0 Å². The highest BCUT2D eigenvalue weighted by Gasteiger charge is 2.00. The van der Waals surface area contributed by atoms with Gasteiger partial charge in [0.15, 0.2) is 5.15 Å². The topological polar surface area (TPSA) is 52.3 Å². The molecule has 3 aromatic heterocycles. The molecule has 0 N–H and O–H groups in total. The van der Waals surface area contributed by atoms with Crippen LogP contribution in [0.5, 0.6) is 5.75 Å². The van der Waals surface area contributed by atoms with Crippen molar-refractivity contribution in [2.45, 2.75) is 6.61 Å². The Hall–Kier alpha value is -2.14. The lowest BCUT2D eigenvalue weighted by Gasteiger charge is -2.06. The van der Waals surface area contributed by atoms with Crippen LogP contribution in [0.25, 0.3) is 5.65 Å². The summed E-state index contributed by atoms with van der Waals surface area (Å²) in [5.41, 5.74) is 1.95. The van der Waals surface area contributed by atoms with Crippen molar-refractivity contribution in [2.75, 3.05) is 0 Å². The van der Waals surface area contributed by atoms with Gasteiger partial charge in [-0.1, -0.05) is 17.7 Å². The van der Waals surface area contributed by atoms with E-state index in [0.717, 1.165) is 11.2 Å². The zero-order valence-electron chi connectivity index (χ0n) is 9.32. The summed E-state index contributed by atoms with van der Waals surface area (Å²) in [5, 5.41) is 7.69. The van der Waals surface area contributed by atoms with Crippen LogP contribution in [-0.2, 0) is 6.61 Å². The number of rotatable bonds is 3. The lowest BCUT2D eigenvalue weighted by molar-refractivity contribution is 0.303. The van der Waals surface area contributed by atoms with E-state index in [1.807, 2.05) is 28.9 Å². The molecule has 3 rings (SSSR count). The highest BCUT2D eigenvalue weighted by molar-refractivity contribution is 6.29. The highest BCUT2D eigenvalue weighted by atomic mass is 35.5. The minimum Gasteiger partial charge on any atom is -0.487 e. The monoisotopic (exact) mass is 260 g/mol. The fourth-order valence-corrected chi connectivity index (χ4v) is 1.77. The van der Waals surface area contributed by atoms with Crippen LogP contribution in [-0.4, -0.2) is 19.6 Å². The Kier molecular flexibility index (Phi) is 2.82. The first-order valence-corrected chi connectivity index (χ1v) is 5.72. The van der Waals surface area contributed by atoms with Crippen LogP contribution < -0.4 is 4.74 Å². The normalized spacial score (nSPS) is 10.7. The van der Waals surface area contributed by atoms with Crippen LogP contribution in [0, 0.1) is 0 Å². The molecule has 0 saturated heterocycles. The van der Waals surface area contributed by atoms with Gasteiger partial charge in [0, 0.05) is 30.2 Å². The maximum Gasteiger partial charge on any atom is 0.155 e. The molecular weight excluding hydrogens is 252 g/mol. The number of hydrogen-bond acceptors (Lipinski definition) is 4. The molecule has 3 aromatic rings. The minimum absolute atomic E-state index is 0.317. The summed E-state index contributed by atoms with van der Waals surface area (Å²) in [7, 11) is 0. The van der Waals surface area contributed by atoms with E-state index in [1.54, 1.807) is 12.3 Å². The second-order valence-electron chi connectivity index (χ2n) is 3.73. The Labute approximate surface area is 108 Å². The molecule has 0 aliphatic rings. The number of pyridine rings is 1. The van der Waals surface area contributed by atoms with Crippen LogP contribution in [0.2, 0.25) is 5.15 Å². The average Bonchev–Trinajstić information content (AvgIpc) is 2.84. The van der Waals surface area contributed by atoms with Crippen molar-refractivity contribution >= 4 is 17.2 Å². The molecule has 0 saturated carbocycles. The molecule has 0 fully saturated rings. The van der Waals surface area contributed by atoms with E-state index < -0.39 is 0 Å². The number of aromatic nitrogens is 4. The van der Waals surface area contributed by atoms with Gasteiger partial charge in [-0.05, 0) is 6.07 Å². The van der Waals surface area contributed by atoms with Gasteiger partial charge in [-0.3, -0.25) is 0 Å². The van der Waals surface area contributed by atoms with E-state index in [1.165, 1.54) is 6.20 Å².